The van der Waals surface area contributed by atoms with E-state index in [4.69, 9.17) is 0 Å². The molecule has 1 aliphatic rings. The standard InChI is InChI=1S/C15H20INO/c1-10-6-7-14(8-11(10)2)17-15(18)12-4-3-5-13(16)9-12/h3-5,9-11,14H,6-8H2,1-2H3,(H,17,18). The summed E-state index contributed by atoms with van der Waals surface area (Å²) in [5, 5.41) is 3.17. The molecule has 1 fully saturated rings. The van der Waals surface area contributed by atoms with Crippen molar-refractivity contribution in [3.05, 3.63) is 33.4 Å². The fraction of sp³-hybridized carbons (Fsp3) is 0.533. The Hall–Kier alpha value is -0.580. The SMILES string of the molecule is CC1CCC(NC(=O)c2cccc(I)c2)CC1C. The Kier molecular flexibility index (Phi) is 4.65. The topological polar surface area (TPSA) is 29.1 Å². The van der Waals surface area contributed by atoms with Gasteiger partial charge in [-0.15, -0.1) is 0 Å². The highest BCUT2D eigenvalue weighted by Crippen LogP contribution is 2.29. The van der Waals surface area contributed by atoms with Gasteiger partial charge in [0.05, 0.1) is 0 Å². The smallest absolute Gasteiger partial charge is 0.251 e. The molecule has 0 aromatic heterocycles. The molecule has 0 heterocycles. The summed E-state index contributed by atoms with van der Waals surface area (Å²) < 4.78 is 1.10. The summed E-state index contributed by atoms with van der Waals surface area (Å²) >= 11 is 2.24. The lowest BCUT2D eigenvalue weighted by molar-refractivity contribution is 0.0910. The Morgan fingerprint density at radius 1 is 1.28 bits per heavy atom. The predicted octanol–water partition coefficient (Wildman–Crippen LogP) is 3.85. The summed E-state index contributed by atoms with van der Waals surface area (Å²) in [6, 6.07) is 8.10. The quantitative estimate of drug-likeness (QED) is 0.801. The molecule has 0 spiro atoms. The van der Waals surface area contributed by atoms with Crippen LogP contribution in [-0.4, -0.2) is 11.9 Å². The Labute approximate surface area is 123 Å². The molecule has 1 amide bonds. The van der Waals surface area contributed by atoms with E-state index in [1.165, 1.54) is 6.42 Å². The lowest BCUT2D eigenvalue weighted by Crippen LogP contribution is -2.39. The molecule has 18 heavy (non-hydrogen) atoms. The van der Waals surface area contributed by atoms with Crippen LogP contribution in [0.2, 0.25) is 0 Å². The van der Waals surface area contributed by atoms with E-state index >= 15 is 0 Å². The van der Waals surface area contributed by atoms with Gasteiger partial charge in [-0.25, -0.2) is 0 Å². The highest BCUT2D eigenvalue weighted by atomic mass is 127. The first kappa shape index (κ1) is 13.8. The molecule has 0 aliphatic heterocycles. The van der Waals surface area contributed by atoms with Crippen molar-refractivity contribution >= 4 is 28.5 Å². The molecule has 2 nitrogen and oxygen atoms in total. The van der Waals surface area contributed by atoms with E-state index in [-0.39, 0.29) is 5.91 Å². The number of rotatable bonds is 2. The number of nitrogens with one attached hydrogen (secondary N) is 1. The average Bonchev–Trinajstić information content (AvgIpc) is 2.34. The van der Waals surface area contributed by atoms with Gasteiger partial charge in [-0.05, 0) is 71.9 Å². The molecule has 0 bridgehead atoms. The second kappa shape index (κ2) is 6.04. The molecule has 1 N–H and O–H groups in total. The maximum atomic E-state index is 12.1. The second-order valence-electron chi connectivity index (χ2n) is 5.45. The van der Waals surface area contributed by atoms with Gasteiger partial charge < -0.3 is 5.32 Å². The number of halogens is 1. The zero-order valence-corrected chi connectivity index (χ0v) is 13.1. The van der Waals surface area contributed by atoms with Crippen molar-refractivity contribution in [3.8, 4) is 0 Å². The van der Waals surface area contributed by atoms with Gasteiger partial charge in [0.15, 0.2) is 0 Å². The van der Waals surface area contributed by atoms with Crippen LogP contribution in [0.5, 0.6) is 0 Å². The van der Waals surface area contributed by atoms with E-state index in [0.29, 0.717) is 12.0 Å². The summed E-state index contributed by atoms with van der Waals surface area (Å²) in [5.41, 5.74) is 0.771. The molecule has 3 unspecified atom stereocenters. The van der Waals surface area contributed by atoms with Crippen molar-refractivity contribution in [2.45, 2.75) is 39.2 Å². The monoisotopic (exact) mass is 357 g/mol. The van der Waals surface area contributed by atoms with Gasteiger partial charge in [-0.2, -0.15) is 0 Å². The summed E-state index contributed by atoms with van der Waals surface area (Å²) in [7, 11) is 0. The normalized spacial score (nSPS) is 27.8. The third kappa shape index (κ3) is 3.46. The fourth-order valence-corrected chi connectivity index (χ4v) is 3.12. The molecule has 0 radical (unpaired) electrons. The highest BCUT2D eigenvalue weighted by Gasteiger charge is 2.25. The van der Waals surface area contributed by atoms with Crippen LogP contribution in [0.3, 0.4) is 0 Å². The minimum absolute atomic E-state index is 0.0697. The largest absolute Gasteiger partial charge is 0.349 e. The Bertz CT molecular complexity index is 432. The van der Waals surface area contributed by atoms with E-state index in [1.807, 2.05) is 24.3 Å². The molecular formula is C15H20INO. The Morgan fingerprint density at radius 3 is 2.72 bits per heavy atom. The van der Waals surface area contributed by atoms with Crippen LogP contribution in [0.4, 0.5) is 0 Å². The molecule has 98 valence electrons. The van der Waals surface area contributed by atoms with Gasteiger partial charge in [0.1, 0.15) is 0 Å². The van der Waals surface area contributed by atoms with E-state index in [9.17, 15) is 4.79 Å². The maximum absolute atomic E-state index is 12.1. The molecule has 2 rings (SSSR count). The number of carbonyl (C=O) groups is 1. The highest BCUT2D eigenvalue weighted by molar-refractivity contribution is 14.1. The summed E-state index contributed by atoms with van der Waals surface area (Å²) in [5.74, 6) is 1.57. The molecule has 3 heteroatoms. The first-order valence-corrected chi connectivity index (χ1v) is 7.70. The zero-order chi connectivity index (χ0) is 13.1. The van der Waals surface area contributed by atoms with Crippen molar-refractivity contribution in [2.75, 3.05) is 0 Å². The number of amides is 1. The first-order chi connectivity index (χ1) is 8.56. The van der Waals surface area contributed by atoms with Crippen molar-refractivity contribution in [3.63, 3.8) is 0 Å². The Morgan fingerprint density at radius 2 is 2.06 bits per heavy atom. The van der Waals surface area contributed by atoms with Crippen LogP contribution in [0.25, 0.3) is 0 Å². The number of hydrogen-bond donors (Lipinski definition) is 1. The third-order valence-corrected chi connectivity index (χ3v) is 4.69. The van der Waals surface area contributed by atoms with Crippen LogP contribution < -0.4 is 5.32 Å². The number of hydrogen-bond acceptors (Lipinski definition) is 1. The minimum Gasteiger partial charge on any atom is -0.349 e. The molecule has 1 aromatic rings. The summed E-state index contributed by atoms with van der Waals surface area (Å²) in [4.78, 5) is 12.1. The van der Waals surface area contributed by atoms with E-state index in [2.05, 4.69) is 41.8 Å². The average molecular weight is 357 g/mol. The third-order valence-electron chi connectivity index (χ3n) is 4.02. The van der Waals surface area contributed by atoms with E-state index in [0.717, 1.165) is 27.9 Å². The lowest BCUT2D eigenvalue weighted by atomic mass is 9.79. The zero-order valence-electron chi connectivity index (χ0n) is 10.9. The fourth-order valence-electron chi connectivity index (χ4n) is 2.58. The van der Waals surface area contributed by atoms with Crippen molar-refractivity contribution < 1.29 is 4.79 Å². The molecule has 1 aliphatic carbocycles. The second-order valence-corrected chi connectivity index (χ2v) is 6.69. The van der Waals surface area contributed by atoms with Crippen LogP contribution in [0, 0.1) is 15.4 Å². The van der Waals surface area contributed by atoms with Crippen molar-refractivity contribution in [1.29, 1.82) is 0 Å². The predicted molar refractivity (Wildman–Crippen MR) is 82.6 cm³/mol. The van der Waals surface area contributed by atoms with Crippen LogP contribution in [-0.2, 0) is 0 Å². The van der Waals surface area contributed by atoms with Gasteiger partial charge in [0.25, 0.3) is 5.91 Å². The van der Waals surface area contributed by atoms with E-state index < -0.39 is 0 Å². The van der Waals surface area contributed by atoms with Gasteiger partial charge in [-0.3, -0.25) is 4.79 Å². The van der Waals surface area contributed by atoms with Gasteiger partial charge >= 0.3 is 0 Å². The molecule has 1 aromatic carbocycles. The maximum Gasteiger partial charge on any atom is 0.251 e. The van der Waals surface area contributed by atoms with Gasteiger partial charge in [0.2, 0.25) is 0 Å². The first-order valence-electron chi connectivity index (χ1n) is 6.62. The molecule has 0 saturated heterocycles. The van der Waals surface area contributed by atoms with Crippen molar-refractivity contribution in [2.24, 2.45) is 11.8 Å². The lowest BCUT2D eigenvalue weighted by Gasteiger charge is -2.32. The van der Waals surface area contributed by atoms with Crippen LogP contribution in [0.15, 0.2) is 24.3 Å². The van der Waals surface area contributed by atoms with Crippen molar-refractivity contribution in [1.82, 2.24) is 5.32 Å². The molecule has 3 atom stereocenters. The number of benzene rings is 1. The van der Waals surface area contributed by atoms with Crippen LogP contribution >= 0.6 is 22.6 Å². The van der Waals surface area contributed by atoms with Gasteiger partial charge in [-0.1, -0.05) is 19.9 Å². The molecular weight excluding hydrogens is 337 g/mol. The summed E-state index contributed by atoms with van der Waals surface area (Å²) in [6.45, 7) is 4.59. The summed E-state index contributed by atoms with van der Waals surface area (Å²) in [6.07, 6.45) is 3.44. The van der Waals surface area contributed by atoms with E-state index in [1.54, 1.807) is 0 Å². The number of carbonyl (C=O) groups excluding carboxylic acids is 1. The van der Waals surface area contributed by atoms with Crippen LogP contribution in [0.1, 0.15) is 43.5 Å². The minimum atomic E-state index is 0.0697. The Balaban J connectivity index is 1.96. The van der Waals surface area contributed by atoms with Gasteiger partial charge in [0, 0.05) is 15.2 Å². The molecule has 1 saturated carbocycles.